The zero-order chi connectivity index (χ0) is 35.6. The number of benzene rings is 4. The summed E-state index contributed by atoms with van der Waals surface area (Å²) in [5.74, 6) is 2.30. The van der Waals surface area contributed by atoms with Crippen molar-refractivity contribution < 1.29 is 19.1 Å². The maximum atomic E-state index is 12.9. The van der Waals surface area contributed by atoms with Crippen molar-refractivity contribution in [2.75, 3.05) is 6.61 Å². The van der Waals surface area contributed by atoms with Gasteiger partial charge in [0.2, 0.25) is 0 Å². The van der Waals surface area contributed by atoms with Gasteiger partial charge in [0, 0.05) is 0 Å². The van der Waals surface area contributed by atoms with E-state index in [4.69, 9.17) is 9.47 Å². The van der Waals surface area contributed by atoms with E-state index in [1.165, 1.54) is 88.2 Å². The van der Waals surface area contributed by atoms with E-state index >= 15 is 0 Å². The molecular formula is C47H56O4. The smallest absolute Gasteiger partial charge is 0.338 e. The van der Waals surface area contributed by atoms with Crippen molar-refractivity contribution in [3.05, 3.63) is 119 Å². The Balaban J connectivity index is 0.938. The van der Waals surface area contributed by atoms with Gasteiger partial charge in [-0.3, -0.25) is 0 Å². The molecule has 0 spiro atoms. The van der Waals surface area contributed by atoms with E-state index in [0.717, 1.165) is 34.1 Å². The molecule has 0 radical (unpaired) electrons. The molecule has 268 valence electrons. The molecule has 2 fully saturated rings. The summed E-state index contributed by atoms with van der Waals surface area (Å²) in [6.07, 6.45) is 15.3. The Morgan fingerprint density at radius 3 is 1.25 bits per heavy atom. The SMILES string of the molecule is CCCC1CCC(c2ccc(-c3ccc(C(=O)OCC(C)OC(=O)c4ccc(-c5ccc(C6CCC(CCC)CC6)cc5)cc4)cc3)cc2)CC1. The summed E-state index contributed by atoms with van der Waals surface area (Å²) in [5, 5.41) is 0. The first kappa shape index (κ1) is 36.6. The summed E-state index contributed by atoms with van der Waals surface area (Å²) in [5.41, 5.74) is 8.23. The van der Waals surface area contributed by atoms with Gasteiger partial charge in [0.1, 0.15) is 12.7 Å². The maximum absolute atomic E-state index is 12.9. The fourth-order valence-electron chi connectivity index (χ4n) is 8.44. The number of hydrogen-bond acceptors (Lipinski definition) is 4. The first-order valence-electron chi connectivity index (χ1n) is 19.7. The molecule has 2 aliphatic carbocycles. The standard InChI is InChI=1S/C47H56O4/c1-4-6-34-8-12-36(13-9-34)38-16-20-40(21-17-38)42-24-28-44(29-25-42)46(48)50-32-33(3)51-47(49)45-30-26-43(27-31-45)41-22-18-39(19-23-41)37-14-10-35(7-5-2)11-15-37/h16-31,33-37H,4-15,32H2,1-3H3. The predicted molar refractivity (Wildman–Crippen MR) is 208 cm³/mol. The highest BCUT2D eigenvalue weighted by Crippen LogP contribution is 2.39. The van der Waals surface area contributed by atoms with Gasteiger partial charge in [0.05, 0.1) is 11.1 Å². The average molecular weight is 685 g/mol. The minimum absolute atomic E-state index is 0.0150. The molecule has 0 amide bonds. The molecule has 4 heteroatoms. The van der Waals surface area contributed by atoms with Crippen LogP contribution in [0.2, 0.25) is 0 Å². The van der Waals surface area contributed by atoms with Crippen LogP contribution in [0.25, 0.3) is 22.3 Å². The van der Waals surface area contributed by atoms with E-state index in [2.05, 4.69) is 62.4 Å². The monoisotopic (exact) mass is 684 g/mol. The van der Waals surface area contributed by atoms with Crippen LogP contribution in [-0.2, 0) is 9.47 Å². The fourth-order valence-corrected chi connectivity index (χ4v) is 8.44. The van der Waals surface area contributed by atoms with Gasteiger partial charge in [0.25, 0.3) is 0 Å². The van der Waals surface area contributed by atoms with Crippen molar-refractivity contribution in [2.45, 2.75) is 116 Å². The molecular weight excluding hydrogens is 629 g/mol. The molecule has 6 rings (SSSR count). The average Bonchev–Trinajstić information content (AvgIpc) is 3.18. The summed E-state index contributed by atoms with van der Waals surface area (Å²) in [4.78, 5) is 25.7. The summed E-state index contributed by atoms with van der Waals surface area (Å²) in [6, 6.07) is 32.9. The zero-order valence-corrected chi connectivity index (χ0v) is 30.9. The van der Waals surface area contributed by atoms with Gasteiger partial charge in [-0.1, -0.05) is 112 Å². The number of carbonyl (C=O) groups excluding carboxylic acids is 2. The molecule has 0 aliphatic heterocycles. The summed E-state index contributed by atoms with van der Waals surface area (Å²) >= 11 is 0. The predicted octanol–water partition coefficient (Wildman–Crippen LogP) is 12.6. The lowest BCUT2D eigenvalue weighted by Gasteiger charge is -2.28. The normalized spacial score (nSPS) is 21.1. The highest BCUT2D eigenvalue weighted by molar-refractivity contribution is 5.91. The van der Waals surface area contributed by atoms with E-state index in [9.17, 15) is 9.59 Å². The lowest BCUT2D eigenvalue weighted by molar-refractivity contribution is 0.00448. The molecule has 0 heterocycles. The van der Waals surface area contributed by atoms with Crippen molar-refractivity contribution in [1.82, 2.24) is 0 Å². The lowest BCUT2D eigenvalue weighted by Crippen LogP contribution is -2.22. The molecule has 4 aromatic rings. The third-order valence-corrected chi connectivity index (χ3v) is 11.5. The van der Waals surface area contributed by atoms with Crippen molar-refractivity contribution >= 4 is 11.9 Å². The summed E-state index contributed by atoms with van der Waals surface area (Å²) in [7, 11) is 0. The van der Waals surface area contributed by atoms with Gasteiger partial charge >= 0.3 is 11.9 Å². The van der Waals surface area contributed by atoms with Gasteiger partial charge in [0.15, 0.2) is 0 Å². The van der Waals surface area contributed by atoms with Crippen LogP contribution >= 0.6 is 0 Å². The maximum Gasteiger partial charge on any atom is 0.338 e. The Labute approximate surface area is 306 Å². The van der Waals surface area contributed by atoms with Crippen LogP contribution in [0.1, 0.15) is 141 Å². The number of esters is 2. The summed E-state index contributed by atoms with van der Waals surface area (Å²) < 4.78 is 11.1. The van der Waals surface area contributed by atoms with Crippen LogP contribution in [-0.4, -0.2) is 24.6 Å². The third kappa shape index (κ3) is 9.79. The van der Waals surface area contributed by atoms with E-state index < -0.39 is 18.0 Å². The van der Waals surface area contributed by atoms with Gasteiger partial charge in [-0.25, -0.2) is 9.59 Å². The van der Waals surface area contributed by atoms with Gasteiger partial charge in [-0.2, -0.15) is 0 Å². The van der Waals surface area contributed by atoms with Crippen molar-refractivity contribution in [3.63, 3.8) is 0 Å². The van der Waals surface area contributed by atoms with Crippen molar-refractivity contribution in [2.24, 2.45) is 11.8 Å². The molecule has 2 aliphatic rings. The largest absolute Gasteiger partial charge is 0.458 e. The minimum Gasteiger partial charge on any atom is -0.458 e. The summed E-state index contributed by atoms with van der Waals surface area (Å²) in [6.45, 7) is 6.30. The Morgan fingerprint density at radius 2 is 0.882 bits per heavy atom. The highest BCUT2D eigenvalue weighted by atomic mass is 16.6. The Kier molecular flexibility index (Phi) is 12.8. The topological polar surface area (TPSA) is 52.6 Å². The molecule has 2 saturated carbocycles. The molecule has 0 bridgehead atoms. The van der Waals surface area contributed by atoms with Crippen LogP contribution in [0.3, 0.4) is 0 Å². The van der Waals surface area contributed by atoms with Gasteiger partial charge in [-0.15, -0.1) is 0 Å². The molecule has 0 saturated heterocycles. The zero-order valence-electron chi connectivity index (χ0n) is 30.9. The Morgan fingerprint density at radius 1 is 0.529 bits per heavy atom. The van der Waals surface area contributed by atoms with Crippen molar-refractivity contribution in [3.8, 4) is 22.3 Å². The van der Waals surface area contributed by atoms with Crippen LogP contribution < -0.4 is 0 Å². The number of carbonyl (C=O) groups is 2. The third-order valence-electron chi connectivity index (χ3n) is 11.5. The van der Waals surface area contributed by atoms with Crippen LogP contribution in [0.5, 0.6) is 0 Å². The fraction of sp³-hybridized carbons (Fsp3) is 0.447. The Hall–Kier alpha value is -4.18. The second-order valence-electron chi connectivity index (χ2n) is 15.2. The minimum atomic E-state index is -0.579. The van der Waals surface area contributed by atoms with Crippen molar-refractivity contribution in [1.29, 1.82) is 0 Å². The van der Waals surface area contributed by atoms with Gasteiger partial charge < -0.3 is 9.47 Å². The van der Waals surface area contributed by atoms with Crippen LogP contribution in [0, 0.1) is 11.8 Å². The Bertz CT molecular complexity index is 1670. The van der Waals surface area contributed by atoms with Gasteiger partial charge in [-0.05, 0) is 140 Å². The number of rotatable bonds is 13. The second kappa shape index (κ2) is 17.8. The lowest BCUT2D eigenvalue weighted by atomic mass is 9.77. The second-order valence-corrected chi connectivity index (χ2v) is 15.2. The number of ether oxygens (including phenoxy) is 2. The quantitative estimate of drug-likeness (QED) is 0.132. The van der Waals surface area contributed by atoms with E-state index in [-0.39, 0.29) is 6.61 Å². The first-order valence-corrected chi connectivity index (χ1v) is 19.7. The molecule has 51 heavy (non-hydrogen) atoms. The highest BCUT2D eigenvalue weighted by Gasteiger charge is 2.23. The van der Waals surface area contributed by atoms with E-state index in [1.807, 2.05) is 24.3 Å². The van der Waals surface area contributed by atoms with Crippen LogP contribution in [0.15, 0.2) is 97.1 Å². The molecule has 0 aromatic heterocycles. The van der Waals surface area contributed by atoms with Crippen LogP contribution in [0.4, 0.5) is 0 Å². The van der Waals surface area contributed by atoms with E-state index in [1.54, 1.807) is 31.2 Å². The molecule has 4 aromatic carbocycles. The molecule has 1 unspecified atom stereocenters. The molecule has 4 nitrogen and oxygen atoms in total. The first-order chi connectivity index (χ1) is 24.9. The molecule has 0 N–H and O–H groups in total. The number of hydrogen-bond donors (Lipinski definition) is 0. The van der Waals surface area contributed by atoms with E-state index in [0.29, 0.717) is 23.0 Å². The molecule has 1 atom stereocenters.